The lowest BCUT2D eigenvalue weighted by Crippen LogP contribution is -2.42. The van der Waals surface area contributed by atoms with E-state index in [0.717, 1.165) is 65.3 Å². The summed E-state index contributed by atoms with van der Waals surface area (Å²) in [6.45, 7) is 23.3. The molecule has 10 nitrogen and oxygen atoms in total. The average molecular weight is 637 g/mol. The van der Waals surface area contributed by atoms with E-state index in [9.17, 15) is 19.2 Å². The molecule has 0 aliphatic carbocycles. The monoisotopic (exact) mass is 636 g/mol. The van der Waals surface area contributed by atoms with Gasteiger partial charge in [-0.15, -0.1) is 0 Å². The highest BCUT2D eigenvalue weighted by molar-refractivity contribution is 6.29. The van der Waals surface area contributed by atoms with Crippen LogP contribution in [0.2, 0.25) is 0 Å². The molecule has 1 aliphatic heterocycles. The summed E-state index contributed by atoms with van der Waals surface area (Å²) in [5.41, 5.74) is 1.67. The highest BCUT2D eigenvalue weighted by Gasteiger charge is 2.36. The number of imide groups is 2. The molecule has 0 radical (unpaired) electrons. The van der Waals surface area contributed by atoms with E-state index in [-0.39, 0.29) is 24.3 Å². The van der Waals surface area contributed by atoms with Gasteiger partial charge in [0.15, 0.2) is 0 Å². The van der Waals surface area contributed by atoms with Gasteiger partial charge in [0.05, 0.1) is 11.1 Å². The number of nitrogens with zero attached hydrogens (tertiary/aromatic N) is 5. The van der Waals surface area contributed by atoms with Crippen molar-refractivity contribution in [1.29, 1.82) is 0 Å². The second kappa shape index (κ2) is 18.1. The van der Waals surface area contributed by atoms with Crippen molar-refractivity contribution in [3.8, 4) is 0 Å². The van der Waals surface area contributed by atoms with Gasteiger partial charge >= 0.3 is 0 Å². The molecule has 0 spiro atoms. The Bertz CT molecular complexity index is 1350. The lowest BCUT2D eigenvalue weighted by molar-refractivity contribution is -0.126. The molecule has 10 heteroatoms. The molecule has 1 aliphatic rings. The van der Waals surface area contributed by atoms with E-state index in [4.69, 9.17) is 0 Å². The molecule has 46 heavy (non-hydrogen) atoms. The zero-order valence-corrected chi connectivity index (χ0v) is 29.3. The fourth-order valence-electron chi connectivity index (χ4n) is 6.37. The fraction of sp³-hybridized carbons (Fsp3) is 0.611. The molecule has 0 saturated carbocycles. The predicted octanol–water partition coefficient (Wildman–Crippen LogP) is 5.03. The molecule has 1 N–H and O–H groups in total. The van der Waals surface area contributed by atoms with Gasteiger partial charge in [-0.25, -0.2) is 0 Å². The molecule has 4 amide bonds. The van der Waals surface area contributed by atoms with Crippen molar-refractivity contribution in [2.45, 2.75) is 67.7 Å². The summed E-state index contributed by atoms with van der Waals surface area (Å²) in [6, 6.07) is 7.03. The minimum Gasteiger partial charge on any atom is -0.384 e. The summed E-state index contributed by atoms with van der Waals surface area (Å²) >= 11 is 0. The summed E-state index contributed by atoms with van der Waals surface area (Å²) in [7, 11) is 0. The summed E-state index contributed by atoms with van der Waals surface area (Å²) in [4.78, 5) is 64.5. The van der Waals surface area contributed by atoms with Crippen LogP contribution in [0.4, 0.5) is 5.69 Å². The minimum atomic E-state index is -0.413. The predicted molar refractivity (Wildman–Crippen MR) is 187 cm³/mol. The number of hydrogen-bond donors (Lipinski definition) is 1. The molecular formula is C36H56N6O4. The lowest BCUT2D eigenvalue weighted by atomic mass is 9.89. The summed E-state index contributed by atoms with van der Waals surface area (Å²) in [6.07, 6.45) is 2.17. The quantitative estimate of drug-likeness (QED) is 0.160. The summed E-state index contributed by atoms with van der Waals surface area (Å²) in [5, 5.41) is 4.46. The number of benzene rings is 2. The van der Waals surface area contributed by atoms with E-state index < -0.39 is 5.91 Å². The molecule has 2 aromatic carbocycles. The van der Waals surface area contributed by atoms with Gasteiger partial charge in [-0.3, -0.25) is 29.0 Å². The van der Waals surface area contributed by atoms with Gasteiger partial charge < -0.3 is 20.0 Å². The Labute approximate surface area is 276 Å². The minimum absolute atomic E-state index is 0.285. The fourth-order valence-corrected chi connectivity index (χ4v) is 6.37. The third-order valence-electron chi connectivity index (χ3n) is 9.31. The third-order valence-corrected chi connectivity index (χ3v) is 9.31. The molecule has 0 saturated heterocycles. The number of hydrogen-bond acceptors (Lipinski definition) is 8. The van der Waals surface area contributed by atoms with E-state index in [1.807, 2.05) is 0 Å². The van der Waals surface area contributed by atoms with Crippen molar-refractivity contribution < 1.29 is 19.2 Å². The standard InChI is InChI=1S/C36H56N6O4/c1-8-38(9-2)21-15-20-37-31-26-30-32-28(33(31)36(46)41(27(7)43)24-16-22-39(10-3)11-4)18-14-19-29(32)34(44)42(35(30)45)25-17-23-40(12-5)13-6/h14,18-19,26,37H,8-13,15-17,20-25H2,1-7H3. The van der Waals surface area contributed by atoms with Crippen molar-refractivity contribution in [1.82, 2.24) is 24.5 Å². The van der Waals surface area contributed by atoms with E-state index in [1.165, 1.54) is 16.7 Å². The molecule has 1 heterocycles. The molecule has 0 aromatic heterocycles. The van der Waals surface area contributed by atoms with Crippen LogP contribution in [0.15, 0.2) is 24.3 Å². The number of rotatable bonds is 20. The lowest BCUT2D eigenvalue weighted by Gasteiger charge is -2.30. The Hall–Kier alpha value is -3.34. The Morgan fingerprint density at radius 3 is 1.83 bits per heavy atom. The Kier molecular flexibility index (Phi) is 14.6. The van der Waals surface area contributed by atoms with Gasteiger partial charge in [-0.2, -0.15) is 0 Å². The largest absolute Gasteiger partial charge is 0.384 e. The first kappa shape index (κ1) is 37.1. The normalized spacial score (nSPS) is 13.0. The van der Waals surface area contributed by atoms with Gasteiger partial charge in [0.2, 0.25) is 5.91 Å². The first-order valence-corrected chi connectivity index (χ1v) is 17.4. The van der Waals surface area contributed by atoms with E-state index >= 15 is 0 Å². The van der Waals surface area contributed by atoms with E-state index in [1.54, 1.807) is 24.3 Å². The molecular weight excluding hydrogens is 580 g/mol. The maximum atomic E-state index is 14.3. The molecule has 254 valence electrons. The molecule has 2 aromatic rings. The smallest absolute Gasteiger partial charge is 0.263 e. The van der Waals surface area contributed by atoms with Crippen LogP contribution in [-0.2, 0) is 4.79 Å². The van der Waals surface area contributed by atoms with Gasteiger partial charge in [0.1, 0.15) is 0 Å². The van der Waals surface area contributed by atoms with Crippen molar-refractivity contribution in [2.75, 3.05) is 83.9 Å². The highest BCUT2D eigenvalue weighted by Crippen LogP contribution is 2.37. The summed E-state index contributed by atoms with van der Waals surface area (Å²) < 4.78 is 0. The topological polar surface area (TPSA) is 96.5 Å². The number of anilines is 1. The zero-order valence-electron chi connectivity index (χ0n) is 29.3. The molecule has 0 atom stereocenters. The molecule has 3 rings (SSSR count). The van der Waals surface area contributed by atoms with Gasteiger partial charge in [0.25, 0.3) is 17.7 Å². The van der Waals surface area contributed by atoms with Crippen molar-refractivity contribution in [2.24, 2.45) is 0 Å². The van der Waals surface area contributed by atoms with Crippen LogP contribution in [0.25, 0.3) is 10.8 Å². The maximum Gasteiger partial charge on any atom is 0.263 e. The van der Waals surface area contributed by atoms with Crippen LogP contribution < -0.4 is 5.32 Å². The Balaban J connectivity index is 2.05. The Morgan fingerprint density at radius 2 is 1.26 bits per heavy atom. The van der Waals surface area contributed by atoms with Crippen molar-refractivity contribution in [3.05, 3.63) is 41.0 Å². The van der Waals surface area contributed by atoms with Crippen molar-refractivity contribution in [3.63, 3.8) is 0 Å². The number of carbonyl (C=O) groups is 4. The SMILES string of the molecule is CCN(CC)CCCNc1cc2c3c(cccc3c1C(=O)N(CCCN(CC)CC)C(C)=O)C(=O)N(CCCN(CC)CC)C2=O. The van der Waals surface area contributed by atoms with Gasteiger partial charge in [-0.05, 0) is 95.7 Å². The number of amides is 4. The van der Waals surface area contributed by atoms with Crippen molar-refractivity contribution >= 4 is 40.1 Å². The first-order valence-electron chi connectivity index (χ1n) is 17.4. The number of nitrogens with one attached hydrogen (secondary N) is 1. The molecule has 0 bridgehead atoms. The second-order valence-corrected chi connectivity index (χ2v) is 11.9. The Morgan fingerprint density at radius 1 is 0.717 bits per heavy atom. The van der Waals surface area contributed by atoms with Crippen LogP contribution in [0.1, 0.15) is 98.8 Å². The second-order valence-electron chi connectivity index (χ2n) is 11.9. The van der Waals surface area contributed by atoms with E-state index in [2.05, 4.69) is 61.6 Å². The first-order chi connectivity index (χ1) is 22.2. The summed E-state index contributed by atoms with van der Waals surface area (Å²) in [5.74, 6) is -1.43. The average Bonchev–Trinajstić information content (AvgIpc) is 3.06. The van der Waals surface area contributed by atoms with Crippen LogP contribution in [0.5, 0.6) is 0 Å². The highest BCUT2D eigenvalue weighted by atomic mass is 16.2. The van der Waals surface area contributed by atoms with Crippen LogP contribution in [0, 0.1) is 0 Å². The number of carbonyl (C=O) groups excluding carboxylic acids is 4. The maximum absolute atomic E-state index is 14.3. The van der Waals surface area contributed by atoms with E-state index in [0.29, 0.717) is 59.1 Å². The molecule has 0 fully saturated rings. The van der Waals surface area contributed by atoms with Gasteiger partial charge in [-0.1, -0.05) is 53.7 Å². The van der Waals surface area contributed by atoms with Crippen LogP contribution in [0.3, 0.4) is 0 Å². The zero-order chi connectivity index (χ0) is 33.8. The molecule has 0 unspecified atom stereocenters. The third kappa shape index (κ3) is 8.72. The van der Waals surface area contributed by atoms with Crippen LogP contribution in [-0.4, -0.2) is 127 Å². The van der Waals surface area contributed by atoms with Gasteiger partial charge in [0, 0.05) is 43.2 Å². The van der Waals surface area contributed by atoms with Crippen LogP contribution >= 0.6 is 0 Å².